The van der Waals surface area contributed by atoms with Crippen LogP contribution in [0, 0.1) is 5.41 Å². The van der Waals surface area contributed by atoms with Gasteiger partial charge >= 0.3 is 0 Å². The third-order valence-corrected chi connectivity index (χ3v) is 5.54. The van der Waals surface area contributed by atoms with E-state index in [4.69, 9.17) is 0 Å². The predicted octanol–water partition coefficient (Wildman–Crippen LogP) is 3.83. The molecule has 4 heteroatoms. The Morgan fingerprint density at radius 3 is 2.57 bits per heavy atom. The molecule has 0 radical (unpaired) electrons. The molecule has 1 heterocycles. The average molecular weight is 377 g/mol. The molecule has 1 aliphatic rings. The zero-order valence-electron chi connectivity index (χ0n) is 16.5. The van der Waals surface area contributed by atoms with Gasteiger partial charge < -0.3 is 10.2 Å². The van der Waals surface area contributed by atoms with E-state index in [1.54, 1.807) is 13.0 Å². The Hall–Kier alpha value is -2.88. The Balaban J connectivity index is 1.98. The van der Waals surface area contributed by atoms with Gasteiger partial charge in [0.25, 0.3) is 0 Å². The van der Waals surface area contributed by atoms with E-state index in [1.807, 2.05) is 35.2 Å². The summed E-state index contributed by atoms with van der Waals surface area (Å²) in [5.41, 5.74) is 2.78. The van der Waals surface area contributed by atoms with E-state index in [-0.39, 0.29) is 11.8 Å². The Bertz CT molecular complexity index is 847. The number of carbonyl (C=O) groups is 2. The van der Waals surface area contributed by atoms with Gasteiger partial charge in [-0.25, -0.2) is 0 Å². The number of benzene rings is 2. The standard InChI is InChI=1S/C24H28N2O2/c1-3-15-25-23(28)24(14-9-16-26(18-24)19(2)27)17-21-12-7-8-13-22(21)20-10-5-4-6-11-20/h3-8,10-13H,1,9,14-18H2,2H3,(H,25,28). The number of likely N-dealkylation sites (tertiary alicyclic amines) is 1. The van der Waals surface area contributed by atoms with E-state index in [0.29, 0.717) is 26.1 Å². The highest BCUT2D eigenvalue weighted by Crippen LogP contribution is 2.37. The minimum atomic E-state index is -0.627. The summed E-state index contributed by atoms with van der Waals surface area (Å²) in [6, 6.07) is 18.5. The van der Waals surface area contributed by atoms with Crippen LogP contribution in [0.15, 0.2) is 67.3 Å². The maximum atomic E-state index is 13.2. The van der Waals surface area contributed by atoms with Crippen molar-refractivity contribution < 1.29 is 9.59 Å². The van der Waals surface area contributed by atoms with Crippen LogP contribution in [0.4, 0.5) is 0 Å². The van der Waals surface area contributed by atoms with E-state index in [1.165, 1.54) is 0 Å². The molecule has 0 aliphatic carbocycles. The van der Waals surface area contributed by atoms with Gasteiger partial charge in [0.15, 0.2) is 0 Å². The topological polar surface area (TPSA) is 49.4 Å². The quantitative estimate of drug-likeness (QED) is 0.779. The van der Waals surface area contributed by atoms with E-state index in [2.05, 4.69) is 36.2 Å². The summed E-state index contributed by atoms with van der Waals surface area (Å²) in [6.45, 7) is 6.88. The molecule has 1 unspecified atom stereocenters. The second kappa shape index (κ2) is 8.87. The van der Waals surface area contributed by atoms with Crippen molar-refractivity contribution in [3.8, 4) is 11.1 Å². The summed E-state index contributed by atoms with van der Waals surface area (Å²) >= 11 is 0. The van der Waals surface area contributed by atoms with Gasteiger partial charge in [-0.3, -0.25) is 9.59 Å². The lowest BCUT2D eigenvalue weighted by atomic mass is 9.73. The lowest BCUT2D eigenvalue weighted by Gasteiger charge is -2.42. The number of piperidine rings is 1. The highest BCUT2D eigenvalue weighted by atomic mass is 16.2. The SMILES string of the molecule is C=CCNC(=O)C1(Cc2ccccc2-c2ccccc2)CCCN(C(C)=O)C1. The molecular weight excluding hydrogens is 348 g/mol. The summed E-state index contributed by atoms with van der Waals surface area (Å²) in [7, 11) is 0. The smallest absolute Gasteiger partial charge is 0.228 e. The average Bonchev–Trinajstić information content (AvgIpc) is 2.73. The van der Waals surface area contributed by atoms with Crippen LogP contribution in [0.3, 0.4) is 0 Å². The second-order valence-corrected chi connectivity index (χ2v) is 7.52. The van der Waals surface area contributed by atoms with Crippen LogP contribution in [0.5, 0.6) is 0 Å². The fourth-order valence-corrected chi connectivity index (χ4v) is 4.10. The molecule has 2 aromatic rings. The van der Waals surface area contributed by atoms with Gasteiger partial charge in [0, 0.05) is 26.6 Å². The zero-order valence-corrected chi connectivity index (χ0v) is 16.5. The number of nitrogens with one attached hydrogen (secondary N) is 1. The molecule has 1 atom stereocenters. The van der Waals surface area contributed by atoms with E-state index in [0.717, 1.165) is 29.5 Å². The number of rotatable bonds is 6. The number of nitrogens with zero attached hydrogens (tertiary/aromatic N) is 1. The van der Waals surface area contributed by atoms with Crippen molar-refractivity contribution in [2.24, 2.45) is 5.41 Å². The lowest BCUT2D eigenvalue weighted by molar-refractivity contribution is -0.140. The summed E-state index contributed by atoms with van der Waals surface area (Å²) in [4.78, 5) is 27.1. The number of hydrogen-bond acceptors (Lipinski definition) is 2. The van der Waals surface area contributed by atoms with Crippen LogP contribution in [-0.2, 0) is 16.0 Å². The van der Waals surface area contributed by atoms with E-state index in [9.17, 15) is 9.59 Å². The van der Waals surface area contributed by atoms with Crippen LogP contribution < -0.4 is 5.32 Å². The molecule has 28 heavy (non-hydrogen) atoms. The van der Waals surface area contributed by atoms with Gasteiger partial charge in [0.1, 0.15) is 0 Å². The first kappa shape index (κ1) is 19.9. The van der Waals surface area contributed by atoms with E-state index < -0.39 is 5.41 Å². The Kier molecular flexibility index (Phi) is 6.30. The molecule has 146 valence electrons. The fourth-order valence-electron chi connectivity index (χ4n) is 4.10. The monoisotopic (exact) mass is 376 g/mol. The van der Waals surface area contributed by atoms with Crippen LogP contribution in [0.25, 0.3) is 11.1 Å². The predicted molar refractivity (Wildman–Crippen MR) is 113 cm³/mol. The highest BCUT2D eigenvalue weighted by molar-refractivity contribution is 5.85. The lowest BCUT2D eigenvalue weighted by Crippen LogP contribution is -2.54. The van der Waals surface area contributed by atoms with Crippen molar-refractivity contribution >= 4 is 11.8 Å². The van der Waals surface area contributed by atoms with Gasteiger partial charge in [-0.2, -0.15) is 0 Å². The number of carbonyl (C=O) groups excluding carboxylic acids is 2. The van der Waals surface area contributed by atoms with Gasteiger partial charge in [0.05, 0.1) is 5.41 Å². The molecule has 4 nitrogen and oxygen atoms in total. The van der Waals surface area contributed by atoms with Crippen molar-refractivity contribution in [3.05, 3.63) is 72.8 Å². The summed E-state index contributed by atoms with van der Waals surface area (Å²) in [6.07, 6.45) is 3.89. The highest BCUT2D eigenvalue weighted by Gasteiger charge is 2.43. The molecule has 3 rings (SSSR count). The second-order valence-electron chi connectivity index (χ2n) is 7.52. The molecule has 1 N–H and O–H groups in total. The maximum Gasteiger partial charge on any atom is 0.228 e. The first-order chi connectivity index (χ1) is 13.6. The van der Waals surface area contributed by atoms with E-state index >= 15 is 0 Å². The van der Waals surface area contributed by atoms with Crippen LogP contribution in [0.2, 0.25) is 0 Å². The minimum absolute atomic E-state index is 0.00112. The Morgan fingerprint density at radius 1 is 1.14 bits per heavy atom. The molecule has 0 saturated carbocycles. The first-order valence-electron chi connectivity index (χ1n) is 9.84. The third kappa shape index (κ3) is 4.33. The molecule has 1 aliphatic heterocycles. The fraction of sp³-hybridized carbons (Fsp3) is 0.333. The molecule has 1 fully saturated rings. The zero-order chi connectivity index (χ0) is 20.0. The Morgan fingerprint density at radius 2 is 1.86 bits per heavy atom. The molecule has 0 bridgehead atoms. The van der Waals surface area contributed by atoms with Crippen molar-refractivity contribution in [3.63, 3.8) is 0 Å². The van der Waals surface area contributed by atoms with Crippen molar-refractivity contribution in [1.29, 1.82) is 0 Å². The van der Waals surface area contributed by atoms with Gasteiger partial charge in [0.2, 0.25) is 11.8 Å². The van der Waals surface area contributed by atoms with Crippen molar-refractivity contribution in [2.45, 2.75) is 26.2 Å². The summed E-state index contributed by atoms with van der Waals surface area (Å²) in [5.74, 6) is 0.0261. The van der Waals surface area contributed by atoms with Crippen LogP contribution in [0.1, 0.15) is 25.3 Å². The summed E-state index contributed by atoms with van der Waals surface area (Å²) in [5, 5.41) is 2.99. The van der Waals surface area contributed by atoms with Crippen LogP contribution >= 0.6 is 0 Å². The normalized spacial score (nSPS) is 19.1. The van der Waals surface area contributed by atoms with Crippen molar-refractivity contribution in [2.75, 3.05) is 19.6 Å². The molecule has 1 saturated heterocycles. The number of hydrogen-bond donors (Lipinski definition) is 1. The first-order valence-corrected chi connectivity index (χ1v) is 9.84. The van der Waals surface area contributed by atoms with Crippen molar-refractivity contribution in [1.82, 2.24) is 10.2 Å². The molecule has 0 spiro atoms. The molecule has 2 amide bonds. The van der Waals surface area contributed by atoms with Gasteiger partial charge in [-0.1, -0.05) is 60.7 Å². The third-order valence-electron chi connectivity index (χ3n) is 5.54. The molecule has 2 aromatic carbocycles. The molecule has 0 aromatic heterocycles. The van der Waals surface area contributed by atoms with Gasteiger partial charge in [-0.05, 0) is 36.0 Å². The van der Waals surface area contributed by atoms with Gasteiger partial charge in [-0.15, -0.1) is 6.58 Å². The summed E-state index contributed by atoms with van der Waals surface area (Å²) < 4.78 is 0. The maximum absolute atomic E-state index is 13.2. The number of amides is 2. The van der Waals surface area contributed by atoms with Crippen LogP contribution in [-0.4, -0.2) is 36.3 Å². The largest absolute Gasteiger partial charge is 0.352 e. The Labute approximate surface area is 167 Å². The molecular formula is C24H28N2O2. The minimum Gasteiger partial charge on any atom is -0.352 e.